The third-order valence-electron chi connectivity index (χ3n) is 6.25. The quantitative estimate of drug-likeness (QED) is 0.671. The lowest BCUT2D eigenvalue weighted by atomic mass is 9.90. The van der Waals surface area contributed by atoms with Crippen molar-refractivity contribution in [3.63, 3.8) is 0 Å². The molecule has 1 saturated heterocycles. The number of nitrogens with one attached hydrogen (secondary N) is 1. The predicted octanol–water partition coefficient (Wildman–Crippen LogP) is 4.54. The minimum atomic E-state index is -0.0614. The number of carbonyl (C=O) groups is 1. The highest BCUT2D eigenvalue weighted by molar-refractivity contribution is 5.93. The minimum absolute atomic E-state index is 0.0614. The van der Waals surface area contributed by atoms with Gasteiger partial charge in [-0.25, -0.2) is 0 Å². The summed E-state index contributed by atoms with van der Waals surface area (Å²) in [5.41, 5.74) is 3.87. The van der Waals surface area contributed by atoms with Crippen LogP contribution in [0.5, 0.6) is 0 Å². The summed E-state index contributed by atoms with van der Waals surface area (Å²) in [5.74, 6) is 1.25. The van der Waals surface area contributed by atoms with Gasteiger partial charge in [-0.05, 0) is 67.9 Å². The van der Waals surface area contributed by atoms with E-state index in [4.69, 9.17) is 8.83 Å². The minimum Gasteiger partial charge on any atom is -0.459 e. The van der Waals surface area contributed by atoms with Crippen molar-refractivity contribution in [2.75, 3.05) is 23.3 Å². The van der Waals surface area contributed by atoms with Crippen LogP contribution in [0, 0.1) is 17.2 Å². The topological polar surface area (TPSA) is 95.3 Å². The highest BCUT2D eigenvalue weighted by atomic mass is 16.4. The number of anilines is 2. The van der Waals surface area contributed by atoms with E-state index in [1.807, 2.05) is 17.0 Å². The van der Waals surface area contributed by atoms with Crippen LogP contribution in [0.3, 0.4) is 0 Å². The van der Waals surface area contributed by atoms with E-state index < -0.39 is 0 Å². The molecule has 0 atom stereocenters. The third kappa shape index (κ3) is 3.81. The number of aryl methyl sites for hydroxylation is 1. The number of amides is 1. The standard InChI is InChI=1S/C24H24N4O3/c25-15-20-24(31-23(27-20)21-9-4-14-30-21)28-12-10-17(11-13-28)22(29)26-19-8-3-6-16-5-1-2-7-18(16)19/h3-4,6,8-9,14,17H,1-2,5,7,10-13H2,(H,26,29). The van der Waals surface area contributed by atoms with Gasteiger partial charge in [-0.2, -0.15) is 10.2 Å². The zero-order valence-corrected chi connectivity index (χ0v) is 17.3. The zero-order chi connectivity index (χ0) is 21.2. The van der Waals surface area contributed by atoms with E-state index >= 15 is 0 Å². The van der Waals surface area contributed by atoms with E-state index in [-0.39, 0.29) is 17.5 Å². The number of fused-ring (bicyclic) bond motifs is 1. The first-order valence-electron chi connectivity index (χ1n) is 10.8. The molecule has 7 nitrogen and oxygen atoms in total. The van der Waals surface area contributed by atoms with Crippen molar-refractivity contribution in [2.45, 2.75) is 38.5 Å². The number of oxazole rings is 1. The molecule has 31 heavy (non-hydrogen) atoms. The average molecular weight is 416 g/mol. The van der Waals surface area contributed by atoms with Crippen molar-refractivity contribution in [2.24, 2.45) is 5.92 Å². The van der Waals surface area contributed by atoms with Crippen molar-refractivity contribution < 1.29 is 13.6 Å². The predicted molar refractivity (Wildman–Crippen MR) is 116 cm³/mol. The lowest BCUT2D eigenvalue weighted by molar-refractivity contribution is -0.120. The second-order valence-electron chi connectivity index (χ2n) is 8.16. The smallest absolute Gasteiger partial charge is 0.266 e. The Morgan fingerprint density at radius 1 is 1.16 bits per heavy atom. The van der Waals surface area contributed by atoms with Gasteiger partial charge in [0.05, 0.1) is 6.26 Å². The van der Waals surface area contributed by atoms with Crippen LogP contribution in [-0.4, -0.2) is 24.0 Å². The Morgan fingerprint density at radius 2 is 2.00 bits per heavy atom. The first-order valence-corrected chi connectivity index (χ1v) is 10.8. The second kappa shape index (κ2) is 8.31. The molecular weight excluding hydrogens is 392 g/mol. The molecule has 5 rings (SSSR count). The highest BCUT2D eigenvalue weighted by Gasteiger charge is 2.30. The van der Waals surface area contributed by atoms with E-state index in [1.165, 1.54) is 24.0 Å². The van der Waals surface area contributed by atoms with Gasteiger partial charge in [-0.1, -0.05) is 12.1 Å². The molecule has 2 aromatic heterocycles. The molecule has 0 spiro atoms. The van der Waals surface area contributed by atoms with Crippen molar-refractivity contribution in [1.29, 1.82) is 5.26 Å². The summed E-state index contributed by atoms with van der Waals surface area (Å²) in [6, 6.07) is 11.8. The molecule has 0 unspecified atom stereocenters. The third-order valence-corrected chi connectivity index (χ3v) is 6.25. The number of furan rings is 1. The maximum atomic E-state index is 12.9. The zero-order valence-electron chi connectivity index (χ0n) is 17.3. The lowest BCUT2D eigenvalue weighted by Crippen LogP contribution is -2.38. The Bertz CT molecular complexity index is 1120. The van der Waals surface area contributed by atoms with Crippen LogP contribution >= 0.6 is 0 Å². The van der Waals surface area contributed by atoms with Crippen LogP contribution in [0.4, 0.5) is 11.6 Å². The van der Waals surface area contributed by atoms with Crippen LogP contribution in [0.2, 0.25) is 0 Å². The van der Waals surface area contributed by atoms with Crippen LogP contribution in [0.25, 0.3) is 11.7 Å². The molecule has 1 aliphatic carbocycles. The van der Waals surface area contributed by atoms with Crippen molar-refractivity contribution >= 4 is 17.5 Å². The van der Waals surface area contributed by atoms with E-state index in [1.54, 1.807) is 18.4 Å². The summed E-state index contributed by atoms with van der Waals surface area (Å²) < 4.78 is 11.2. The average Bonchev–Trinajstić information content (AvgIpc) is 3.49. The Kier molecular flexibility index (Phi) is 5.21. The molecule has 1 aliphatic heterocycles. The second-order valence-corrected chi connectivity index (χ2v) is 8.16. The van der Waals surface area contributed by atoms with Crippen molar-refractivity contribution in [3.05, 3.63) is 53.4 Å². The van der Waals surface area contributed by atoms with Gasteiger partial charge in [0.2, 0.25) is 17.5 Å². The van der Waals surface area contributed by atoms with Gasteiger partial charge in [-0.15, -0.1) is 0 Å². The Morgan fingerprint density at radius 3 is 2.77 bits per heavy atom. The number of nitrogens with zero attached hydrogens (tertiary/aromatic N) is 3. The van der Waals surface area contributed by atoms with Gasteiger partial charge in [0.25, 0.3) is 5.89 Å². The lowest BCUT2D eigenvalue weighted by Gasteiger charge is -2.31. The number of hydrogen-bond donors (Lipinski definition) is 1. The molecule has 2 aliphatic rings. The molecule has 1 fully saturated rings. The summed E-state index contributed by atoms with van der Waals surface area (Å²) in [7, 11) is 0. The largest absolute Gasteiger partial charge is 0.459 e. The molecule has 158 valence electrons. The van der Waals surface area contributed by atoms with E-state index in [0.717, 1.165) is 18.5 Å². The molecule has 0 saturated carbocycles. The van der Waals surface area contributed by atoms with Crippen molar-refractivity contribution in [3.8, 4) is 17.7 Å². The normalized spacial score (nSPS) is 16.5. The van der Waals surface area contributed by atoms with Crippen LogP contribution in [0.1, 0.15) is 42.5 Å². The maximum absolute atomic E-state index is 12.9. The molecule has 1 aromatic carbocycles. The number of hydrogen-bond acceptors (Lipinski definition) is 6. The maximum Gasteiger partial charge on any atom is 0.266 e. The van der Waals surface area contributed by atoms with E-state index in [9.17, 15) is 10.1 Å². The fourth-order valence-electron chi connectivity index (χ4n) is 4.58. The number of rotatable bonds is 4. The Labute approximate surface area is 180 Å². The van der Waals surface area contributed by atoms with Crippen LogP contribution < -0.4 is 10.2 Å². The van der Waals surface area contributed by atoms with Gasteiger partial charge < -0.3 is 19.1 Å². The SMILES string of the molecule is N#Cc1nc(-c2ccco2)oc1N1CCC(C(=O)Nc2cccc3c2CCCC3)CC1. The highest BCUT2D eigenvalue weighted by Crippen LogP contribution is 2.32. The molecule has 0 radical (unpaired) electrons. The van der Waals surface area contributed by atoms with Crippen LogP contribution in [0.15, 0.2) is 45.4 Å². The monoisotopic (exact) mass is 416 g/mol. The number of aromatic nitrogens is 1. The van der Waals surface area contributed by atoms with Gasteiger partial charge in [0, 0.05) is 24.7 Å². The molecule has 1 amide bonds. The summed E-state index contributed by atoms with van der Waals surface area (Å²) in [6.45, 7) is 1.26. The van der Waals surface area contributed by atoms with E-state index in [0.29, 0.717) is 43.5 Å². The molecule has 3 aromatic rings. The van der Waals surface area contributed by atoms with Gasteiger partial charge in [-0.3, -0.25) is 4.79 Å². The van der Waals surface area contributed by atoms with Gasteiger partial charge in [0.15, 0.2) is 5.76 Å². The van der Waals surface area contributed by atoms with Gasteiger partial charge in [0.1, 0.15) is 6.07 Å². The number of carbonyl (C=O) groups excluding carboxylic acids is 1. The molecule has 1 N–H and O–H groups in total. The van der Waals surface area contributed by atoms with Crippen LogP contribution in [-0.2, 0) is 17.6 Å². The summed E-state index contributed by atoms with van der Waals surface area (Å²) in [6.07, 6.45) is 7.46. The van der Waals surface area contributed by atoms with Crippen molar-refractivity contribution in [1.82, 2.24) is 4.98 Å². The number of piperidine rings is 1. The molecule has 3 heterocycles. The molecule has 0 bridgehead atoms. The summed E-state index contributed by atoms with van der Waals surface area (Å²) in [5, 5.41) is 12.6. The first-order chi connectivity index (χ1) is 15.2. The first kappa shape index (κ1) is 19.4. The number of benzene rings is 1. The fourth-order valence-corrected chi connectivity index (χ4v) is 4.58. The summed E-state index contributed by atoms with van der Waals surface area (Å²) >= 11 is 0. The Hall–Kier alpha value is -3.53. The molecule has 7 heteroatoms. The van der Waals surface area contributed by atoms with E-state index in [2.05, 4.69) is 22.4 Å². The molecular formula is C24H24N4O3. The fraction of sp³-hybridized carbons (Fsp3) is 0.375. The Balaban J connectivity index is 1.25. The van der Waals surface area contributed by atoms with Gasteiger partial charge >= 0.3 is 0 Å². The summed E-state index contributed by atoms with van der Waals surface area (Å²) in [4.78, 5) is 19.2. The number of nitriles is 1.